The predicted molar refractivity (Wildman–Crippen MR) is 60.7 cm³/mol. The minimum absolute atomic E-state index is 0.146. The van der Waals surface area contributed by atoms with E-state index in [0.717, 1.165) is 0 Å². The van der Waals surface area contributed by atoms with Crippen LogP contribution < -0.4 is 16.8 Å². The lowest BCUT2D eigenvalue weighted by molar-refractivity contribution is 0.0831. The van der Waals surface area contributed by atoms with E-state index in [1.807, 2.05) is 0 Å². The van der Waals surface area contributed by atoms with Crippen molar-refractivity contribution < 1.29 is 15.3 Å². The first-order chi connectivity index (χ1) is 7.56. The second-order valence-corrected chi connectivity index (χ2v) is 3.55. The van der Waals surface area contributed by atoms with Crippen LogP contribution in [0.25, 0.3) is 0 Å². The van der Waals surface area contributed by atoms with Crippen LogP contribution in [0.4, 0.5) is 17.3 Å². The molecule has 8 N–H and O–H groups in total. The van der Waals surface area contributed by atoms with E-state index in [9.17, 15) is 0 Å². The van der Waals surface area contributed by atoms with Crippen molar-refractivity contribution in [2.75, 3.05) is 36.6 Å². The molecule has 1 aromatic heterocycles. The molecule has 0 spiro atoms. The fourth-order valence-corrected chi connectivity index (χ4v) is 1.10. The van der Waals surface area contributed by atoms with Gasteiger partial charge in [-0.25, -0.2) is 4.98 Å². The number of pyridine rings is 1. The number of nitrogens with two attached hydrogens (primary N) is 2. The van der Waals surface area contributed by atoms with Crippen molar-refractivity contribution in [3.8, 4) is 0 Å². The second kappa shape index (κ2) is 4.97. The third-order valence-corrected chi connectivity index (χ3v) is 2.26. The van der Waals surface area contributed by atoms with E-state index < -0.39 is 25.4 Å². The normalized spacial score (nSPS) is 11.4. The van der Waals surface area contributed by atoms with Crippen LogP contribution in [0.2, 0.25) is 0 Å². The highest BCUT2D eigenvalue weighted by molar-refractivity contribution is 5.62. The van der Waals surface area contributed by atoms with Crippen LogP contribution in [-0.4, -0.2) is 45.7 Å². The quantitative estimate of drug-likeness (QED) is 0.356. The summed E-state index contributed by atoms with van der Waals surface area (Å²) in [4.78, 5) is 3.91. The average Bonchev–Trinajstić information content (AvgIpc) is 2.31. The Morgan fingerprint density at radius 2 is 1.69 bits per heavy atom. The zero-order valence-electron chi connectivity index (χ0n) is 8.72. The highest BCUT2D eigenvalue weighted by Gasteiger charge is 2.28. The van der Waals surface area contributed by atoms with E-state index in [2.05, 4.69) is 10.3 Å². The molecule has 1 aromatic rings. The average molecular weight is 228 g/mol. The molecule has 90 valence electrons. The molecule has 1 heterocycles. The first kappa shape index (κ1) is 12.5. The van der Waals surface area contributed by atoms with Gasteiger partial charge in [-0.3, -0.25) is 0 Å². The number of hydrogen-bond donors (Lipinski definition) is 6. The Labute approximate surface area is 92.7 Å². The molecule has 0 saturated carbocycles. The van der Waals surface area contributed by atoms with Gasteiger partial charge in [0.2, 0.25) is 0 Å². The number of rotatable bonds is 5. The molecule has 0 atom stereocenters. The number of nitrogens with one attached hydrogen (secondary N) is 1. The maximum atomic E-state index is 9.10. The van der Waals surface area contributed by atoms with Crippen molar-refractivity contribution in [3.63, 3.8) is 0 Å². The van der Waals surface area contributed by atoms with Crippen LogP contribution in [0.5, 0.6) is 0 Å². The van der Waals surface area contributed by atoms with Crippen LogP contribution in [0, 0.1) is 0 Å². The molecule has 0 amide bonds. The minimum atomic E-state index is -1.23. The van der Waals surface area contributed by atoms with Gasteiger partial charge in [-0.2, -0.15) is 0 Å². The van der Waals surface area contributed by atoms with Crippen molar-refractivity contribution in [3.05, 3.63) is 12.1 Å². The molecule has 0 unspecified atom stereocenters. The summed E-state index contributed by atoms with van der Waals surface area (Å²) in [5.41, 5.74) is 10.1. The fraction of sp³-hybridized carbons (Fsp3) is 0.444. The highest BCUT2D eigenvalue weighted by Crippen LogP contribution is 2.18. The molecule has 0 saturated heterocycles. The van der Waals surface area contributed by atoms with E-state index >= 15 is 0 Å². The summed E-state index contributed by atoms with van der Waals surface area (Å²) in [6.07, 6.45) is 0. The van der Waals surface area contributed by atoms with E-state index in [4.69, 9.17) is 26.8 Å². The maximum Gasteiger partial charge on any atom is 0.149 e. The number of aromatic nitrogens is 1. The monoisotopic (exact) mass is 228 g/mol. The SMILES string of the molecule is Nc1ccc(NC(CO)(CO)CO)nc1N. The lowest BCUT2D eigenvalue weighted by Crippen LogP contribution is -2.49. The summed E-state index contributed by atoms with van der Waals surface area (Å²) in [6, 6.07) is 3.09. The molecule has 1 rings (SSSR count). The summed E-state index contributed by atoms with van der Waals surface area (Å²) in [7, 11) is 0. The van der Waals surface area contributed by atoms with Crippen molar-refractivity contribution in [2.45, 2.75) is 5.54 Å². The Kier molecular flexibility index (Phi) is 3.88. The van der Waals surface area contributed by atoms with Crippen molar-refractivity contribution >= 4 is 17.3 Å². The van der Waals surface area contributed by atoms with E-state index in [1.54, 1.807) is 12.1 Å². The molecular formula is C9H16N4O3. The van der Waals surface area contributed by atoms with Crippen molar-refractivity contribution in [1.29, 1.82) is 0 Å². The molecule has 16 heavy (non-hydrogen) atoms. The highest BCUT2D eigenvalue weighted by atomic mass is 16.3. The number of nitrogen functional groups attached to an aromatic ring is 2. The number of hydrogen-bond acceptors (Lipinski definition) is 7. The molecular weight excluding hydrogens is 212 g/mol. The van der Waals surface area contributed by atoms with Crippen LogP contribution in [0.1, 0.15) is 0 Å². The van der Waals surface area contributed by atoms with E-state index in [1.165, 1.54) is 0 Å². The molecule has 0 bridgehead atoms. The lowest BCUT2D eigenvalue weighted by atomic mass is 10.0. The third-order valence-electron chi connectivity index (χ3n) is 2.26. The predicted octanol–water partition coefficient (Wildman–Crippen LogP) is -1.63. The Balaban J connectivity index is 2.89. The van der Waals surface area contributed by atoms with Gasteiger partial charge in [0.15, 0.2) is 0 Å². The lowest BCUT2D eigenvalue weighted by Gasteiger charge is -2.29. The Morgan fingerprint density at radius 3 is 2.12 bits per heavy atom. The molecule has 7 nitrogen and oxygen atoms in total. The van der Waals surface area contributed by atoms with Gasteiger partial charge in [-0.15, -0.1) is 0 Å². The molecule has 0 radical (unpaired) electrons. The van der Waals surface area contributed by atoms with Gasteiger partial charge in [0.05, 0.1) is 25.5 Å². The zero-order chi connectivity index (χ0) is 12.2. The minimum Gasteiger partial charge on any atom is -0.396 e. The van der Waals surface area contributed by atoms with Gasteiger partial charge in [0.25, 0.3) is 0 Å². The second-order valence-electron chi connectivity index (χ2n) is 3.55. The van der Waals surface area contributed by atoms with Gasteiger partial charge >= 0.3 is 0 Å². The van der Waals surface area contributed by atoms with Gasteiger partial charge in [-0.1, -0.05) is 0 Å². The van der Waals surface area contributed by atoms with Crippen LogP contribution in [-0.2, 0) is 0 Å². The molecule has 0 aromatic carbocycles. The van der Waals surface area contributed by atoms with Gasteiger partial charge in [-0.05, 0) is 12.1 Å². The molecule has 0 aliphatic rings. The van der Waals surface area contributed by atoms with Gasteiger partial charge in [0, 0.05) is 0 Å². The molecule has 0 aliphatic carbocycles. The van der Waals surface area contributed by atoms with Crippen LogP contribution in [0.3, 0.4) is 0 Å². The standard InChI is InChI=1S/C9H16N4O3/c10-6-1-2-7(12-8(6)11)13-9(3-14,4-15)5-16/h1-2,14-16H,3-5,10H2,(H3,11,12,13). The van der Waals surface area contributed by atoms with Gasteiger partial charge in [0.1, 0.15) is 17.2 Å². The summed E-state index contributed by atoms with van der Waals surface area (Å²) in [5.74, 6) is 0.469. The first-order valence-corrected chi connectivity index (χ1v) is 4.69. The van der Waals surface area contributed by atoms with Crippen LogP contribution >= 0.6 is 0 Å². The zero-order valence-corrected chi connectivity index (χ0v) is 8.72. The Bertz CT molecular complexity index is 346. The number of aliphatic hydroxyl groups excluding tert-OH is 3. The summed E-state index contributed by atoms with van der Waals surface area (Å²) in [5, 5.41) is 30.0. The number of aliphatic hydroxyl groups is 3. The van der Waals surface area contributed by atoms with Gasteiger partial charge < -0.3 is 32.1 Å². The first-order valence-electron chi connectivity index (χ1n) is 4.69. The summed E-state index contributed by atoms with van der Waals surface area (Å²) in [6.45, 7) is -1.32. The number of nitrogens with zero attached hydrogens (tertiary/aromatic N) is 1. The maximum absolute atomic E-state index is 9.10. The number of anilines is 3. The fourth-order valence-electron chi connectivity index (χ4n) is 1.10. The third kappa shape index (κ3) is 2.51. The van der Waals surface area contributed by atoms with E-state index in [0.29, 0.717) is 11.5 Å². The van der Waals surface area contributed by atoms with Crippen molar-refractivity contribution in [2.24, 2.45) is 0 Å². The summed E-state index contributed by atoms with van der Waals surface area (Å²) < 4.78 is 0. The molecule has 7 heteroatoms. The molecule has 0 fully saturated rings. The molecule has 0 aliphatic heterocycles. The topological polar surface area (TPSA) is 138 Å². The smallest absolute Gasteiger partial charge is 0.149 e. The van der Waals surface area contributed by atoms with Crippen molar-refractivity contribution in [1.82, 2.24) is 4.98 Å². The summed E-state index contributed by atoms with van der Waals surface area (Å²) >= 11 is 0. The van der Waals surface area contributed by atoms with Crippen LogP contribution in [0.15, 0.2) is 12.1 Å². The van der Waals surface area contributed by atoms with E-state index in [-0.39, 0.29) is 5.82 Å². The Hall–Kier alpha value is -1.57. The largest absolute Gasteiger partial charge is 0.396 e. The Morgan fingerprint density at radius 1 is 1.12 bits per heavy atom.